The first kappa shape index (κ1) is 23.6. The molecular weight excluding hydrogens is 416 g/mol. The number of ether oxygens (including phenoxy) is 3. The second-order valence-corrected chi connectivity index (χ2v) is 10.5. The van der Waals surface area contributed by atoms with E-state index in [0.717, 1.165) is 22.6 Å². The van der Waals surface area contributed by atoms with Gasteiger partial charge in [-0.15, -0.1) is 0 Å². The van der Waals surface area contributed by atoms with Gasteiger partial charge in [-0.2, -0.15) is 0 Å². The van der Waals surface area contributed by atoms with Crippen LogP contribution in [0.25, 0.3) is 0 Å². The quantitative estimate of drug-likeness (QED) is 0.555. The van der Waals surface area contributed by atoms with E-state index in [2.05, 4.69) is 52.0 Å². The summed E-state index contributed by atoms with van der Waals surface area (Å²) in [6.07, 6.45) is -0.286. The van der Waals surface area contributed by atoms with Crippen molar-refractivity contribution >= 4 is 5.97 Å². The number of fused-ring (bicyclic) bond motifs is 3. The molecule has 5 heteroatoms. The van der Waals surface area contributed by atoms with E-state index in [4.69, 9.17) is 14.2 Å². The van der Waals surface area contributed by atoms with E-state index < -0.39 is 23.6 Å². The van der Waals surface area contributed by atoms with Crippen LogP contribution in [0.1, 0.15) is 82.6 Å². The average Bonchev–Trinajstić information content (AvgIpc) is 2.76. The summed E-state index contributed by atoms with van der Waals surface area (Å²) in [6, 6.07) is 14.2. The van der Waals surface area contributed by atoms with Crippen LogP contribution in [0.4, 0.5) is 0 Å². The van der Waals surface area contributed by atoms with E-state index in [-0.39, 0.29) is 18.6 Å². The summed E-state index contributed by atoms with van der Waals surface area (Å²) in [4.78, 5) is 12.2. The van der Waals surface area contributed by atoms with Crippen molar-refractivity contribution < 1.29 is 24.1 Å². The maximum absolute atomic E-state index is 12.2. The van der Waals surface area contributed by atoms with Crippen LogP contribution in [0.15, 0.2) is 42.5 Å². The highest BCUT2D eigenvalue weighted by Gasteiger charge is 2.52. The molecule has 33 heavy (non-hydrogen) atoms. The smallest absolute Gasteiger partial charge is 0.309 e. The molecule has 0 bridgehead atoms. The summed E-state index contributed by atoms with van der Waals surface area (Å²) in [7, 11) is 0. The Kier molecular flexibility index (Phi) is 6.45. The largest absolute Gasteiger partial charge is 0.491 e. The summed E-state index contributed by atoms with van der Waals surface area (Å²) >= 11 is 0. The van der Waals surface area contributed by atoms with Gasteiger partial charge in [0.25, 0.3) is 0 Å². The van der Waals surface area contributed by atoms with Crippen LogP contribution < -0.4 is 9.47 Å². The minimum absolute atomic E-state index is 0.0601. The molecule has 1 N–H and O–H groups in total. The van der Waals surface area contributed by atoms with Crippen molar-refractivity contribution in [2.75, 3.05) is 6.61 Å². The number of carboxylic acids is 1. The van der Waals surface area contributed by atoms with Gasteiger partial charge in [-0.05, 0) is 55.4 Å². The molecule has 0 radical (unpaired) electrons. The number of carbonyl (C=O) groups is 1. The first-order valence-corrected chi connectivity index (χ1v) is 12.0. The van der Waals surface area contributed by atoms with E-state index in [1.807, 2.05) is 32.0 Å². The standard InChI is InChI=1S/C28H36O5/c1-16(2)18-10-12-19(13-11-18)31-15-24-22(27(29)30)14-23-26(32-24)21-9-7-8-20(17(3)4)25(21)33-28(23,5)6/h7-13,16-17,22-24,26H,14-15H2,1-6H3,(H,29,30)/t22-,23-,24-,26+/m0/s1. The minimum Gasteiger partial charge on any atom is -0.491 e. The molecule has 4 atom stereocenters. The van der Waals surface area contributed by atoms with Gasteiger partial charge in [-0.25, -0.2) is 0 Å². The molecule has 2 aromatic carbocycles. The van der Waals surface area contributed by atoms with Crippen LogP contribution in [0, 0.1) is 11.8 Å². The summed E-state index contributed by atoms with van der Waals surface area (Å²) < 4.78 is 19.1. The number of hydrogen-bond acceptors (Lipinski definition) is 4. The summed E-state index contributed by atoms with van der Waals surface area (Å²) in [6.45, 7) is 12.9. The second kappa shape index (κ2) is 9.02. The summed E-state index contributed by atoms with van der Waals surface area (Å²) in [5.74, 6) is 0.807. The van der Waals surface area contributed by atoms with Gasteiger partial charge in [0, 0.05) is 11.5 Å². The molecule has 0 amide bonds. The number of aliphatic carboxylic acids is 1. The van der Waals surface area contributed by atoms with Crippen LogP contribution in [-0.2, 0) is 9.53 Å². The zero-order valence-electron chi connectivity index (χ0n) is 20.5. The molecule has 1 saturated heterocycles. The van der Waals surface area contributed by atoms with Gasteiger partial charge in [-0.3, -0.25) is 4.79 Å². The normalized spacial score (nSPS) is 25.8. The van der Waals surface area contributed by atoms with Gasteiger partial charge in [0.1, 0.15) is 29.8 Å². The molecule has 0 aromatic heterocycles. The summed E-state index contributed by atoms with van der Waals surface area (Å²) in [5.41, 5.74) is 2.88. The molecule has 4 rings (SSSR count). The minimum atomic E-state index is -0.852. The number of hydrogen-bond donors (Lipinski definition) is 1. The van der Waals surface area contributed by atoms with Crippen LogP contribution in [0.3, 0.4) is 0 Å². The Hall–Kier alpha value is -2.53. The van der Waals surface area contributed by atoms with Crippen molar-refractivity contribution in [2.24, 2.45) is 11.8 Å². The Morgan fingerprint density at radius 3 is 2.39 bits per heavy atom. The van der Waals surface area contributed by atoms with E-state index in [0.29, 0.717) is 18.3 Å². The Morgan fingerprint density at radius 2 is 1.79 bits per heavy atom. The highest BCUT2D eigenvalue weighted by Crippen LogP contribution is 2.53. The maximum atomic E-state index is 12.2. The Bertz CT molecular complexity index is 992. The van der Waals surface area contributed by atoms with Crippen LogP contribution >= 0.6 is 0 Å². The fourth-order valence-corrected chi connectivity index (χ4v) is 5.12. The molecule has 0 spiro atoms. The predicted molar refractivity (Wildman–Crippen MR) is 128 cm³/mol. The van der Waals surface area contributed by atoms with Gasteiger partial charge in [0.15, 0.2) is 0 Å². The van der Waals surface area contributed by atoms with E-state index >= 15 is 0 Å². The number of benzene rings is 2. The van der Waals surface area contributed by atoms with Crippen molar-refractivity contribution in [1.29, 1.82) is 0 Å². The Morgan fingerprint density at radius 1 is 1.09 bits per heavy atom. The van der Waals surface area contributed by atoms with E-state index in [1.165, 1.54) is 5.56 Å². The first-order valence-electron chi connectivity index (χ1n) is 12.0. The Balaban J connectivity index is 1.61. The topological polar surface area (TPSA) is 65.0 Å². The molecule has 0 saturated carbocycles. The molecule has 2 aliphatic heterocycles. The zero-order chi connectivity index (χ0) is 23.9. The fourth-order valence-electron chi connectivity index (χ4n) is 5.12. The SMILES string of the molecule is CC(C)c1ccc(OC[C@@H]2O[C@@H]3c4cccc(C(C)C)c4OC(C)(C)[C@H]3C[C@@H]2C(=O)O)cc1. The molecule has 0 aliphatic carbocycles. The fraction of sp³-hybridized carbons (Fsp3) is 0.536. The third-order valence-electron chi connectivity index (χ3n) is 7.18. The highest BCUT2D eigenvalue weighted by molar-refractivity contribution is 5.71. The lowest BCUT2D eigenvalue weighted by Crippen LogP contribution is -2.53. The van der Waals surface area contributed by atoms with Crippen LogP contribution in [0.5, 0.6) is 11.5 Å². The number of carboxylic acid groups (broad SMARTS) is 1. The molecule has 2 heterocycles. The highest BCUT2D eigenvalue weighted by atomic mass is 16.6. The van der Waals surface area contributed by atoms with Crippen LogP contribution in [-0.4, -0.2) is 29.4 Å². The molecule has 2 aliphatic rings. The van der Waals surface area contributed by atoms with E-state index in [1.54, 1.807) is 0 Å². The molecule has 2 aromatic rings. The van der Waals surface area contributed by atoms with Crippen molar-refractivity contribution in [3.63, 3.8) is 0 Å². The lowest BCUT2D eigenvalue weighted by atomic mass is 9.71. The van der Waals surface area contributed by atoms with Gasteiger partial charge < -0.3 is 19.3 Å². The second-order valence-electron chi connectivity index (χ2n) is 10.5. The van der Waals surface area contributed by atoms with Gasteiger partial charge in [0.05, 0.1) is 12.0 Å². The lowest BCUT2D eigenvalue weighted by Gasteiger charge is -2.50. The predicted octanol–water partition coefficient (Wildman–Crippen LogP) is 6.33. The third-order valence-corrected chi connectivity index (χ3v) is 7.18. The Labute approximate surface area is 197 Å². The van der Waals surface area contributed by atoms with Gasteiger partial charge in [0.2, 0.25) is 0 Å². The maximum Gasteiger partial charge on any atom is 0.309 e. The molecule has 178 valence electrons. The molecule has 1 fully saturated rings. The van der Waals surface area contributed by atoms with Crippen molar-refractivity contribution in [2.45, 2.75) is 77.6 Å². The van der Waals surface area contributed by atoms with Crippen molar-refractivity contribution in [1.82, 2.24) is 0 Å². The lowest BCUT2D eigenvalue weighted by molar-refractivity contribution is -0.192. The summed E-state index contributed by atoms with van der Waals surface area (Å²) in [5, 5.41) is 10.00. The van der Waals surface area contributed by atoms with Gasteiger partial charge in [-0.1, -0.05) is 58.0 Å². The van der Waals surface area contributed by atoms with Crippen molar-refractivity contribution in [3.05, 3.63) is 59.2 Å². The van der Waals surface area contributed by atoms with Crippen LogP contribution in [0.2, 0.25) is 0 Å². The number of para-hydroxylation sites is 1. The number of rotatable bonds is 6. The average molecular weight is 453 g/mol. The molecular formula is C28H36O5. The zero-order valence-corrected chi connectivity index (χ0v) is 20.5. The monoisotopic (exact) mass is 452 g/mol. The van der Waals surface area contributed by atoms with Crippen molar-refractivity contribution in [3.8, 4) is 11.5 Å². The first-order chi connectivity index (χ1) is 15.6. The van der Waals surface area contributed by atoms with Gasteiger partial charge >= 0.3 is 5.97 Å². The molecule has 0 unspecified atom stereocenters. The van der Waals surface area contributed by atoms with E-state index in [9.17, 15) is 9.90 Å². The third kappa shape index (κ3) is 4.61. The molecule has 5 nitrogen and oxygen atoms in total.